The summed E-state index contributed by atoms with van der Waals surface area (Å²) in [6, 6.07) is 21.0. The van der Waals surface area contributed by atoms with Crippen LogP contribution in [-0.4, -0.2) is 32.9 Å². The predicted molar refractivity (Wildman–Crippen MR) is 116 cm³/mol. The van der Waals surface area contributed by atoms with Crippen LogP contribution < -0.4 is 0 Å². The van der Waals surface area contributed by atoms with Gasteiger partial charge in [0.2, 0.25) is 0 Å². The zero-order valence-electron chi connectivity index (χ0n) is 16.8. The highest BCUT2D eigenvalue weighted by molar-refractivity contribution is 5.66. The third-order valence-corrected chi connectivity index (χ3v) is 5.65. The summed E-state index contributed by atoms with van der Waals surface area (Å²) in [5.41, 5.74) is 5.82. The van der Waals surface area contributed by atoms with Gasteiger partial charge in [-0.25, -0.2) is 9.37 Å². The van der Waals surface area contributed by atoms with Gasteiger partial charge in [0.05, 0.1) is 11.4 Å². The minimum Gasteiger partial charge on any atom is -0.345 e. The van der Waals surface area contributed by atoms with Gasteiger partial charge in [-0.3, -0.25) is 9.88 Å². The molecule has 1 N–H and O–H groups in total. The number of halogens is 1. The van der Waals surface area contributed by atoms with Crippen molar-refractivity contribution in [3.63, 3.8) is 0 Å². The van der Waals surface area contributed by atoms with Crippen LogP contribution in [0.25, 0.3) is 22.5 Å². The van der Waals surface area contributed by atoms with Crippen molar-refractivity contribution < 1.29 is 4.39 Å². The van der Waals surface area contributed by atoms with E-state index in [4.69, 9.17) is 4.98 Å². The van der Waals surface area contributed by atoms with Crippen LogP contribution in [0.3, 0.4) is 0 Å². The van der Waals surface area contributed by atoms with Gasteiger partial charge in [0.25, 0.3) is 0 Å². The number of imidazole rings is 1. The largest absolute Gasteiger partial charge is 0.345 e. The van der Waals surface area contributed by atoms with Gasteiger partial charge >= 0.3 is 0 Å². The maximum atomic E-state index is 13.5. The van der Waals surface area contributed by atoms with E-state index in [-0.39, 0.29) is 5.82 Å². The molecular weight excluding hydrogens is 375 g/mol. The number of benzene rings is 2. The highest BCUT2D eigenvalue weighted by Gasteiger charge is 2.30. The number of H-pyrrole nitrogens is 1. The molecule has 1 aliphatic rings. The molecule has 0 saturated carbocycles. The van der Waals surface area contributed by atoms with E-state index in [2.05, 4.69) is 45.2 Å². The van der Waals surface area contributed by atoms with Gasteiger partial charge in [-0.2, -0.15) is 0 Å². The van der Waals surface area contributed by atoms with Crippen molar-refractivity contribution in [1.82, 2.24) is 19.9 Å². The Morgan fingerprint density at radius 1 is 1.00 bits per heavy atom. The van der Waals surface area contributed by atoms with Crippen molar-refractivity contribution in [1.29, 1.82) is 0 Å². The topological polar surface area (TPSA) is 44.8 Å². The summed E-state index contributed by atoms with van der Waals surface area (Å²) in [6.07, 6.45) is 1.82. The van der Waals surface area contributed by atoms with Crippen LogP contribution in [-0.2, 0) is 6.54 Å². The van der Waals surface area contributed by atoms with Gasteiger partial charge in [0, 0.05) is 48.6 Å². The van der Waals surface area contributed by atoms with E-state index < -0.39 is 0 Å². The Bertz CT molecular complexity index is 1150. The minimum atomic E-state index is -0.257. The zero-order valence-corrected chi connectivity index (χ0v) is 16.8. The van der Waals surface area contributed by atoms with Gasteiger partial charge in [0.15, 0.2) is 0 Å². The first-order chi connectivity index (χ1) is 14.7. The molecule has 5 rings (SSSR count). The standard InChI is InChI=1S/C25H23FN4/c1-17-24(20-10-11-23(27-13-20)19-8-5-9-22(26)12-19)29-25(28-17)21-15-30(16-21)14-18-6-3-2-4-7-18/h2-13,21H,14-16H2,1H3,(H,28,29). The quantitative estimate of drug-likeness (QED) is 0.503. The van der Waals surface area contributed by atoms with Gasteiger partial charge in [0.1, 0.15) is 11.6 Å². The summed E-state index contributed by atoms with van der Waals surface area (Å²) in [6.45, 7) is 5.05. The molecule has 2 aromatic heterocycles. The maximum Gasteiger partial charge on any atom is 0.123 e. The van der Waals surface area contributed by atoms with Crippen LogP contribution in [0.1, 0.15) is 23.0 Å². The van der Waals surface area contributed by atoms with Crippen molar-refractivity contribution in [2.45, 2.75) is 19.4 Å². The minimum absolute atomic E-state index is 0.257. The molecule has 0 bridgehead atoms. The van der Waals surface area contributed by atoms with Crippen molar-refractivity contribution in [2.24, 2.45) is 0 Å². The molecule has 0 unspecified atom stereocenters. The second-order valence-corrected chi connectivity index (χ2v) is 7.91. The number of pyridine rings is 1. The maximum absolute atomic E-state index is 13.5. The molecule has 0 spiro atoms. The van der Waals surface area contributed by atoms with E-state index in [1.165, 1.54) is 17.7 Å². The second-order valence-electron chi connectivity index (χ2n) is 7.91. The molecule has 30 heavy (non-hydrogen) atoms. The number of rotatable bonds is 5. The Hall–Kier alpha value is -3.31. The van der Waals surface area contributed by atoms with E-state index in [9.17, 15) is 4.39 Å². The van der Waals surface area contributed by atoms with E-state index in [1.807, 2.05) is 31.3 Å². The third-order valence-electron chi connectivity index (χ3n) is 5.65. The van der Waals surface area contributed by atoms with Crippen LogP contribution in [0, 0.1) is 12.7 Å². The van der Waals surface area contributed by atoms with Crippen molar-refractivity contribution >= 4 is 0 Å². The van der Waals surface area contributed by atoms with E-state index in [0.717, 1.165) is 53.7 Å². The summed E-state index contributed by atoms with van der Waals surface area (Å²) in [4.78, 5) is 15.3. The lowest BCUT2D eigenvalue weighted by atomic mass is 9.98. The summed E-state index contributed by atoms with van der Waals surface area (Å²) >= 11 is 0. The van der Waals surface area contributed by atoms with Crippen LogP contribution in [0.2, 0.25) is 0 Å². The lowest BCUT2D eigenvalue weighted by Gasteiger charge is -2.38. The lowest BCUT2D eigenvalue weighted by Crippen LogP contribution is -2.44. The molecule has 1 saturated heterocycles. The Kier molecular flexibility index (Phi) is 4.89. The van der Waals surface area contributed by atoms with Crippen LogP contribution in [0.5, 0.6) is 0 Å². The highest BCUT2D eigenvalue weighted by Crippen LogP contribution is 2.30. The molecule has 0 atom stereocenters. The molecule has 150 valence electrons. The smallest absolute Gasteiger partial charge is 0.123 e. The van der Waals surface area contributed by atoms with E-state index >= 15 is 0 Å². The molecule has 3 heterocycles. The Morgan fingerprint density at radius 3 is 2.57 bits per heavy atom. The fraction of sp³-hybridized carbons (Fsp3) is 0.200. The molecule has 0 amide bonds. The Labute approximate surface area is 175 Å². The molecular formula is C25H23FN4. The summed E-state index contributed by atoms with van der Waals surface area (Å²) < 4.78 is 13.5. The number of nitrogens with zero attached hydrogens (tertiary/aromatic N) is 3. The first-order valence-corrected chi connectivity index (χ1v) is 10.2. The van der Waals surface area contributed by atoms with Gasteiger partial charge in [-0.15, -0.1) is 0 Å². The van der Waals surface area contributed by atoms with Gasteiger partial charge in [-0.05, 0) is 36.8 Å². The van der Waals surface area contributed by atoms with Crippen LogP contribution in [0.15, 0.2) is 72.9 Å². The molecule has 1 aliphatic heterocycles. The van der Waals surface area contributed by atoms with Crippen LogP contribution in [0.4, 0.5) is 4.39 Å². The van der Waals surface area contributed by atoms with Crippen molar-refractivity contribution in [2.75, 3.05) is 13.1 Å². The van der Waals surface area contributed by atoms with Crippen LogP contribution >= 0.6 is 0 Å². The number of nitrogens with one attached hydrogen (secondary N) is 1. The molecule has 1 fully saturated rings. The number of aromatic nitrogens is 3. The fourth-order valence-electron chi connectivity index (χ4n) is 4.02. The average Bonchev–Trinajstić information content (AvgIpc) is 3.12. The first-order valence-electron chi connectivity index (χ1n) is 10.2. The summed E-state index contributed by atoms with van der Waals surface area (Å²) in [5, 5.41) is 0. The summed E-state index contributed by atoms with van der Waals surface area (Å²) in [5.74, 6) is 1.22. The fourth-order valence-corrected chi connectivity index (χ4v) is 4.02. The summed E-state index contributed by atoms with van der Waals surface area (Å²) in [7, 11) is 0. The molecule has 5 heteroatoms. The molecule has 4 nitrogen and oxygen atoms in total. The number of hydrogen-bond donors (Lipinski definition) is 1. The van der Waals surface area contributed by atoms with Crippen molar-refractivity contribution in [3.8, 4) is 22.5 Å². The highest BCUT2D eigenvalue weighted by atomic mass is 19.1. The molecule has 2 aromatic carbocycles. The number of hydrogen-bond acceptors (Lipinski definition) is 3. The molecule has 0 aliphatic carbocycles. The van der Waals surface area contributed by atoms with Crippen molar-refractivity contribution in [3.05, 3.63) is 95.8 Å². The normalized spacial score (nSPS) is 14.6. The second kappa shape index (κ2) is 7.84. The SMILES string of the molecule is Cc1[nH]c(C2CN(Cc3ccccc3)C2)nc1-c1ccc(-c2cccc(F)c2)nc1. The monoisotopic (exact) mass is 398 g/mol. The number of likely N-dealkylation sites (tertiary alicyclic amines) is 1. The van der Waals surface area contributed by atoms with Gasteiger partial charge < -0.3 is 4.98 Å². The van der Waals surface area contributed by atoms with E-state index in [0.29, 0.717) is 5.92 Å². The Balaban J connectivity index is 1.28. The zero-order chi connectivity index (χ0) is 20.5. The third kappa shape index (κ3) is 3.76. The number of aromatic amines is 1. The van der Waals surface area contributed by atoms with Gasteiger partial charge in [-0.1, -0.05) is 42.5 Å². The lowest BCUT2D eigenvalue weighted by molar-refractivity contribution is 0.135. The van der Waals surface area contributed by atoms with E-state index in [1.54, 1.807) is 6.07 Å². The molecule has 4 aromatic rings. The first kappa shape index (κ1) is 18.7. The average molecular weight is 398 g/mol. The Morgan fingerprint density at radius 2 is 1.83 bits per heavy atom. The molecule has 0 radical (unpaired) electrons. The predicted octanol–water partition coefficient (Wildman–Crippen LogP) is 5.19. The number of aryl methyl sites for hydroxylation is 1.